The molecule has 2 N–H and O–H groups in total. The first-order valence-electron chi connectivity index (χ1n) is 5.40. The molecule has 0 aliphatic heterocycles. The minimum Gasteiger partial charge on any atom is -0.481 e. The number of aromatic amines is 1. The smallest absolute Gasteiger partial charge is 0.303 e. The molecule has 0 aliphatic rings. The van der Waals surface area contributed by atoms with Gasteiger partial charge in [0, 0.05) is 29.8 Å². The summed E-state index contributed by atoms with van der Waals surface area (Å²) in [5, 5.41) is 9.43. The van der Waals surface area contributed by atoms with Crippen LogP contribution in [0.4, 0.5) is 0 Å². The summed E-state index contributed by atoms with van der Waals surface area (Å²) in [4.78, 5) is 13.8. The van der Waals surface area contributed by atoms with Gasteiger partial charge >= 0.3 is 5.97 Å². The molecule has 5 nitrogen and oxygen atoms in total. The van der Waals surface area contributed by atoms with Gasteiger partial charge < -0.3 is 10.1 Å². The van der Waals surface area contributed by atoms with Crippen molar-refractivity contribution in [2.45, 2.75) is 17.7 Å². The first-order chi connectivity index (χ1) is 8.38. The Morgan fingerprint density at radius 2 is 2.11 bits per heavy atom. The number of hydrogen-bond acceptors (Lipinski definition) is 3. The van der Waals surface area contributed by atoms with E-state index >= 15 is 0 Å². The lowest BCUT2D eigenvalue weighted by Crippen LogP contribution is -1.98. The largest absolute Gasteiger partial charge is 0.481 e. The van der Waals surface area contributed by atoms with E-state index in [2.05, 4.69) is 4.98 Å². The van der Waals surface area contributed by atoms with Crippen molar-refractivity contribution in [3.63, 3.8) is 0 Å². The second kappa shape index (κ2) is 4.45. The van der Waals surface area contributed by atoms with Gasteiger partial charge in [0.2, 0.25) is 0 Å². The molecular formula is C12H13NO4S. The van der Waals surface area contributed by atoms with Crippen LogP contribution in [0.15, 0.2) is 29.3 Å². The third-order valence-corrected chi connectivity index (χ3v) is 3.89. The number of carbonyl (C=O) groups is 1. The molecule has 0 amide bonds. The van der Waals surface area contributed by atoms with Crippen molar-refractivity contribution < 1.29 is 18.3 Å². The maximum absolute atomic E-state index is 11.5. The standard InChI is InChI=1S/C12H13NO4S/c1-18(16,17)9-3-4-11-10(6-9)8(7-13-11)2-5-12(14)15/h3-4,6-7,13H,2,5H2,1H3,(H,14,15). The van der Waals surface area contributed by atoms with Crippen LogP contribution in [0.2, 0.25) is 0 Å². The summed E-state index contributed by atoms with van der Waals surface area (Å²) >= 11 is 0. The van der Waals surface area contributed by atoms with Crippen LogP contribution in [0.25, 0.3) is 10.9 Å². The molecule has 6 heteroatoms. The molecule has 1 aromatic carbocycles. The molecule has 0 atom stereocenters. The number of H-pyrrole nitrogens is 1. The van der Waals surface area contributed by atoms with E-state index in [1.165, 1.54) is 6.07 Å². The number of carboxylic acids is 1. The topological polar surface area (TPSA) is 87.2 Å². The molecule has 0 saturated heterocycles. The third-order valence-electron chi connectivity index (χ3n) is 2.78. The monoisotopic (exact) mass is 267 g/mol. The maximum atomic E-state index is 11.5. The number of carboxylic acid groups (broad SMARTS) is 1. The van der Waals surface area contributed by atoms with E-state index < -0.39 is 15.8 Å². The molecule has 0 unspecified atom stereocenters. The van der Waals surface area contributed by atoms with Crippen LogP contribution in [0, 0.1) is 0 Å². The van der Waals surface area contributed by atoms with Gasteiger partial charge in [0.15, 0.2) is 9.84 Å². The minimum absolute atomic E-state index is 0.0239. The highest BCUT2D eigenvalue weighted by molar-refractivity contribution is 7.90. The lowest BCUT2D eigenvalue weighted by atomic mass is 10.1. The van der Waals surface area contributed by atoms with Crippen molar-refractivity contribution in [1.29, 1.82) is 0 Å². The fourth-order valence-electron chi connectivity index (χ4n) is 1.84. The van der Waals surface area contributed by atoms with Gasteiger partial charge in [-0.3, -0.25) is 4.79 Å². The van der Waals surface area contributed by atoms with Crippen LogP contribution in [0.1, 0.15) is 12.0 Å². The van der Waals surface area contributed by atoms with Crippen molar-refractivity contribution >= 4 is 26.7 Å². The number of hydrogen-bond donors (Lipinski definition) is 2. The summed E-state index contributed by atoms with van der Waals surface area (Å²) in [5.41, 5.74) is 1.63. The second-order valence-corrected chi connectivity index (χ2v) is 6.20. The first-order valence-corrected chi connectivity index (χ1v) is 7.29. The minimum atomic E-state index is -3.25. The number of sulfone groups is 1. The molecule has 0 bridgehead atoms. The summed E-state index contributed by atoms with van der Waals surface area (Å²) < 4.78 is 22.9. The van der Waals surface area contributed by atoms with Gasteiger partial charge in [0.1, 0.15) is 0 Å². The summed E-state index contributed by atoms with van der Waals surface area (Å²) in [7, 11) is -3.25. The van der Waals surface area contributed by atoms with Crippen molar-refractivity contribution in [2.24, 2.45) is 0 Å². The zero-order valence-electron chi connectivity index (χ0n) is 9.80. The van der Waals surface area contributed by atoms with Crippen LogP contribution in [-0.2, 0) is 21.1 Å². The Morgan fingerprint density at radius 3 is 2.72 bits per heavy atom. The number of rotatable bonds is 4. The van der Waals surface area contributed by atoms with Gasteiger partial charge in [-0.25, -0.2) is 8.42 Å². The van der Waals surface area contributed by atoms with Crippen molar-refractivity contribution in [3.8, 4) is 0 Å². The number of aryl methyl sites for hydroxylation is 1. The zero-order chi connectivity index (χ0) is 13.3. The van der Waals surface area contributed by atoms with E-state index in [0.717, 1.165) is 22.7 Å². The predicted molar refractivity (Wildman–Crippen MR) is 67.4 cm³/mol. The molecule has 96 valence electrons. The normalized spacial score (nSPS) is 11.8. The average molecular weight is 267 g/mol. The molecule has 18 heavy (non-hydrogen) atoms. The van der Waals surface area contributed by atoms with E-state index in [0.29, 0.717) is 6.42 Å². The highest BCUT2D eigenvalue weighted by atomic mass is 32.2. The number of nitrogens with one attached hydrogen (secondary N) is 1. The van der Waals surface area contributed by atoms with Gasteiger partial charge in [-0.1, -0.05) is 0 Å². The molecule has 1 aromatic heterocycles. The van der Waals surface area contributed by atoms with Crippen LogP contribution in [0.3, 0.4) is 0 Å². The molecule has 2 aromatic rings. The lowest BCUT2D eigenvalue weighted by Gasteiger charge is -2.00. The van der Waals surface area contributed by atoms with Crippen molar-refractivity contribution in [3.05, 3.63) is 30.0 Å². The van der Waals surface area contributed by atoms with E-state index in [9.17, 15) is 13.2 Å². The van der Waals surface area contributed by atoms with Crippen LogP contribution in [-0.4, -0.2) is 30.7 Å². The van der Waals surface area contributed by atoms with Crippen LogP contribution < -0.4 is 0 Å². The molecule has 2 rings (SSSR count). The summed E-state index contributed by atoms with van der Waals surface area (Å²) in [6, 6.07) is 4.81. The second-order valence-electron chi connectivity index (χ2n) is 4.19. The first kappa shape index (κ1) is 12.6. The Kier molecular flexibility index (Phi) is 3.13. The maximum Gasteiger partial charge on any atom is 0.303 e. The molecule has 0 saturated carbocycles. The van der Waals surface area contributed by atoms with Crippen LogP contribution >= 0.6 is 0 Å². The molecule has 0 spiro atoms. The zero-order valence-corrected chi connectivity index (χ0v) is 10.6. The Balaban J connectivity index is 2.47. The van der Waals surface area contributed by atoms with Crippen molar-refractivity contribution in [1.82, 2.24) is 4.98 Å². The highest BCUT2D eigenvalue weighted by Gasteiger charge is 2.11. The average Bonchev–Trinajstić information content (AvgIpc) is 2.67. The third kappa shape index (κ3) is 2.53. The van der Waals surface area contributed by atoms with Gasteiger partial charge in [0.25, 0.3) is 0 Å². The number of fused-ring (bicyclic) bond motifs is 1. The highest BCUT2D eigenvalue weighted by Crippen LogP contribution is 2.23. The fourth-order valence-corrected chi connectivity index (χ4v) is 2.48. The van der Waals surface area contributed by atoms with E-state index in [1.807, 2.05) is 0 Å². The predicted octanol–water partition coefficient (Wildman–Crippen LogP) is 1.59. The van der Waals surface area contributed by atoms with Gasteiger partial charge in [0.05, 0.1) is 4.90 Å². The van der Waals surface area contributed by atoms with E-state index in [-0.39, 0.29) is 11.3 Å². The molecule has 0 fully saturated rings. The number of benzene rings is 1. The summed E-state index contributed by atoms with van der Waals surface area (Å²) in [5.74, 6) is -0.872. The Bertz CT molecular complexity index is 700. The Morgan fingerprint density at radius 1 is 1.39 bits per heavy atom. The lowest BCUT2D eigenvalue weighted by molar-refractivity contribution is -0.136. The van der Waals surface area contributed by atoms with Crippen LogP contribution in [0.5, 0.6) is 0 Å². The molecule has 1 heterocycles. The Labute approximate surface area is 104 Å². The van der Waals surface area contributed by atoms with Crippen molar-refractivity contribution in [2.75, 3.05) is 6.26 Å². The number of aromatic nitrogens is 1. The Hall–Kier alpha value is -1.82. The molecule has 0 radical (unpaired) electrons. The SMILES string of the molecule is CS(=O)(=O)c1ccc2[nH]cc(CCC(=O)O)c2c1. The molecular weight excluding hydrogens is 254 g/mol. The van der Waals surface area contributed by atoms with Gasteiger partial charge in [-0.15, -0.1) is 0 Å². The van der Waals surface area contributed by atoms with E-state index in [1.54, 1.807) is 18.3 Å². The summed E-state index contributed by atoms with van der Waals surface area (Å²) in [6.07, 6.45) is 3.27. The van der Waals surface area contributed by atoms with Gasteiger partial charge in [-0.2, -0.15) is 0 Å². The van der Waals surface area contributed by atoms with E-state index in [4.69, 9.17) is 5.11 Å². The fraction of sp³-hybridized carbons (Fsp3) is 0.250. The summed E-state index contributed by atoms with van der Waals surface area (Å²) in [6.45, 7) is 0. The quantitative estimate of drug-likeness (QED) is 0.880. The number of aliphatic carboxylic acids is 1. The molecule has 0 aliphatic carbocycles. The van der Waals surface area contributed by atoms with Gasteiger partial charge in [-0.05, 0) is 30.2 Å².